The number of halogens is 1. The summed E-state index contributed by atoms with van der Waals surface area (Å²) < 4.78 is 5.38. The van der Waals surface area contributed by atoms with E-state index in [1.54, 1.807) is 6.20 Å². The van der Waals surface area contributed by atoms with E-state index in [9.17, 15) is 0 Å². The molecule has 0 atom stereocenters. The van der Waals surface area contributed by atoms with Gasteiger partial charge in [-0.2, -0.15) is 4.98 Å². The van der Waals surface area contributed by atoms with E-state index in [4.69, 9.17) is 16.3 Å². The number of aromatic nitrogens is 3. The first kappa shape index (κ1) is 14.3. The Morgan fingerprint density at radius 2 is 1.87 bits per heavy atom. The molecule has 0 saturated carbocycles. The van der Waals surface area contributed by atoms with E-state index >= 15 is 0 Å². The highest BCUT2D eigenvalue weighted by Crippen LogP contribution is 2.24. The third kappa shape index (κ3) is 2.95. The van der Waals surface area contributed by atoms with Gasteiger partial charge < -0.3 is 19.9 Å². The Hall–Kier alpha value is -2.31. The largest absolute Gasteiger partial charge is 0.378 e. The molecule has 3 aromatic rings. The van der Waals surface area contributed by atoms with Gasteiger partial charge in [0.25, 0.3) is 0 Å². The van der Waals surface area contributed by atoms with Crippen LogP contribution in [0.3, 0.4) is 0 Å². The van der Waals surface area contributed by atoms with E-state index in [2.05, 4.69) is 37.3 Å². The Kier molecular flexibility index (Phi) is 3.77. The Balaban J connectivity index is 1.53. The molecule has 1 aliphatic rings. The molecule has 7 heteroatoms. The molecular weight excluding hydrogens is 314 g/mol. The lowest BCUT2D eigenvalue weighted by Crippen LogP contribution is -2.36. The number of fused-ring (bicyclic) bond motifs is 1. The molecule has 0 aliphatic carbocycles. The Morgan fingerprint density at radius 1 is 1.09 bits per heavy atom. The Labute approximate surface area is 138 Å². The number of anilines is 3. The number of rotatable bonds is 3. The van der Waals surface area contributed by atoms with Gasteiger partial charge in [-0.1, -0.05) is 11.6 Å². The standard InChI is InChI=1S/C16H16ClN5O/c17-14-13-5-6-18-15(13)21-16(20-14)19-11-1-3-12(4-2-11)22-7-9-23-10-8-22/h1-6H,7-10H2,(H2,18,19,20,21). The predicted octanol–water partition coefficient (Wildman–Crippen LogP) is 3.19. The lowest BCUT2D eigenvalue weighted by Gasteiger charge is -2.28. The number of benzene rings is 1. The van der Waals surface area contributed by atoms with Crippen LogP contribution < -0.4 is 10.2 Å². The second kappa shape index (κ2) is 6.06. The SMILES string of the molecule is Clc1nc(Nc2ccc(N3CCOCC3)cc2)nc2[nH]ccc12. The van der Waals surface area contributed by atoms with Gasteiger partial charge in [-0.15, -0.1) is 0 Å². The molecule has 2 aromatic heterocycles. The smallest absolute Gasteiger partial charge is 0.230 e. The fourth-order valence-corrected chi connectivity index (χ4v) is 2.90. The molecule has 118 valence electrons. The molecule has 23 heavy (non-hydrogen) atoms. The number of nitrogens with zero attached hydrogens (tertiary/aromatic N) is 3. The van der Waals surface area contributed by atoms with Crippen LogP contribution in [0.4, 0.5) is 17.3 Å². The normalized spacial score (nSPS) is 15.1. The van der Waals surface area contributed by atoms with Crippen molar-refractivity contribution in [2.24, 2.45) is 0 Å². The minimum Gasteiger partial charge on any atom is -0.378 e. The molecule has 0 spiro atoms. The average Bonchev–Trinajstić information content (AvgIpc) is 3.05. The number of hydrogen-bond donors (Lipinski definition) is 2. The van der Waals surface area contributed by atoms with Crippen LogP contribution >= 0.6 is 11.6 Å². The monoisotopic (exact) mass is 329 g/mol. The molecule has 0 amide bonds. The van der Waals surface area contributed by atoms with Crippen molar-refractivity contribution < 1.29 is 4.74 Å². The van der Waals surface area contributed by atoms with E-state index in [0.29, 0.717) is 11.1 Å². The summed E-state index contributed by atoms with van der Waals surface area (Å²) in [6.07, 6.45) is 1.80. The van der Waals surface area contributed by atoms with Gasteiger partial charge in [0, 0.05) is 30.7 Å². The minimum absolute atomic E-state index is 0.434. The molecule has 0 bridgehead atoms. The van der Waals surface area contributed by atoms with Gasteiger partial charge in [0.1, 0.15) is 10.8 Å². The number of hydrogen-bond acceptors (Lipinski definition) is 5. The van der Waals surface area contributed by atoms with Crippen LogP contribution in [0.2, 0.25) is 5.15 Å². The van der Waals surface area contributed by atoms with Crippen LogP contribution in [0.1, 0.15) is 0 Å². The molecule has 1 fully saturated rings. The summed E-state index contributed by atoms with van der Waals surface area (Å²) in [6, 6.07) is 10.1. The first-order valence-corrected chi connectivity index (χ1v) is 7.88. The molecule has 0 unspecified atom stereocenters. The third-order valence-corrected chi connectivity index (χ3v) is 4.16. The molecule has 2 N–H and O–H groups in total. The molecule has 4 rings (SSSR count). The van der Waals surface area contributed by atoms with Crippen molar-refractivity contribution in [3.63, 3.8) is 0 Å². The number of ether oxygens (including phenoxy) is 1. The summed E-state index contributed by atoms with van der Waals surface area (Å²) in [5.41, 5.74) is 2.83. The summed E-state index contributed by atoms with van der Waals surface area (Å²) in [4.78, 5) is 14.0. The number of aromatic amines is 1. The Morgan fingerprint density at radius 3 is 2.65 bits per heavy atom. The van der Waals surface area contributed by atoms with Gasteiger partial charge in [-0.25, -0.2) is 4.98 Å². The van der Waals surface area contributed by atoms with E-state index < -0.39 is 0 Å². The zero-order valence-electron chi connectivity index (χ0n) is 12.4. The zero-order valence-corrected chi connectivity index (χ0v) is 13.2. The molecule has 6 nitrogen and oxygen atoms in total. The van der Waals surface area contributed by atoms with Gasteiger partial charge in [0.05, 0.1) is 18.6 Å². The van der Waals surface area contributed by atoms with E-state index in [0.717, 1.165) is 43.0 Å². The number of nitrogens with one attached hydrogen (secondary N) is 2. The highest BCUT2D eigenvalue weighted by Gasteiger charge is 2.11. The van der Waals surface area contributed by atoms with E-state index in [1.165, 1.54) is 5.69 Å². The van der Waals surface area contributed by atoms with Crippen molar-refractivity contribution >= 4 is 40.0 Å². The topological polar surface area (TPSA) is 66.1 Å². The highest BCUT2D eigenvalue weighted by molar-refractivity contribution is 6.34. The lowest BCUT2D eigenvalue weighted by molar-refractivity contribution is 0.122. The molecule has 3 heterocycles. The summed E-state index contributed by atoms with van der Waals surface area (Å²) >= 11 is 6.17. The van der Waals surface area contributed by atoms with Crippen LogP contribution in [-0.4, -0.2) is 41.3 Å². The number of morpholine rings is 1. The molecule has 1 aromatic carbocycles. The first-order chi connectivity index (χ1) is 11.3. The molecular formula is C16H16ClN5O. The fraction of sp³-hybridized carbons (Fsp3) is 0.250. The number of H-pyrrole nitrogens is 1. The van der Waals surface area contributed by atoms with Gasteiger partial charge in [0.2, 0.25) is 5.95 Å². The van der Waals surface area contributed by atoms with Crippen molar-refractivity contribution in [2.75, 3.05) is 36.5 Å². The molecule has 1 aliphatic heterocycles. The second-order valence-corrected chi connectivity index (χ2v) is 5.71. The first-order valence-electron chi connectivity index (χ1n) is 7.50. The van der Waals surface area contributed by atoms with Gasteiger partial charge >= 0.3 is 0 Å². The second-order valence-electron chi connectivity index (χ2n) is 5.35. The van der Waals surface area contributed by atoms with Crippen molar-refractivity contribution in [1.82, 2.24) is 15.0 Å². The summed E-state index contributed by atoms with van der Waals surface area (Å²) in [6.45, 7) is 3.41. The highest BCUT2D eigenvalue weighted by atomic mass is 35.5. The van der Waals surface area contributed by atoms with Crippen LogP contribution in [0, 0.1) is 0 Å². The average molecular weight is 330 g/mol. The predicted molar refractivity (Wildman–Crippen MR) is 91.7 cm³/mol. The Bertz CT molecular complexity index is 811. The third-order valence-electron chi connectivity index (χ3n) is 3.87. The van der Waals surface area contributed by atoms with E-state index in [-0.39, 0.29) is 0 Å². The van der Waals surface area contributed by atoms with Gasteiger partial charge in [-0.3, -0.25) is 0 Å². The fourth-order valence-electron chi connectivity index (χ4n) is 2.67. The lowest BCUT2D eigenvalue weighted by atomic mass is 10.2. The van der Waals surface area contributed by atoms with Crippen LogP contribution in [0.25, 0.3) is 11.0 Å². The van der Waals surface area contributed by atoms with Crippen LogP contribution in [0.15, 0.2) is 36.5 Å². The van der Waals surface area contributed by atoms with Crippen molar-refractivity contribution in [1.29, 1.82) is 0 Å². The maximum atomic E-state index is 6.17. The zero-order chi connectivity index (χ0) is 15.6. The van der Waals surface area contributed by atoms with Crippen molar-refractivity contribution in [3.8, 4) is 0 Å². The molecule has 1 saturated heterocycles. The summed E-state index contributed by atoms with van der Waals surface area (Å²) in [5.74, 6) is 0.476. The maximum Gasteiger partial charge on any atom is 0.230 e. The summed E-state index contributed by atoms with van der Waals surface area (Å²) in [5, 5.41) is 4.44. The summed E-state index contributed by atoms with van der Waals surface area (Å²) in [7, 11) is 0. The minimum atomic E-state index is 0.434. The van der Waals surface area contributed by atoms with Gasteiger partial charge in [0.15, 0.2) is 0 Å². The van der Waals surface area contributed by atoms with Gasteiger partial charge in [-0.05, 0) is 30.3 Å². The van der Waals surface area contributed by atoms with Crippen LogP contribution in [0.5, 0.6) is 0 Å². The van der Waals surface area contributed by atoms with Crippen LogP contribution in [-0.2, 0) is 4.74 Å². The quantitative estimate of drug-likeness (QED) is 0.722. The maximum absolute atomic E-state index is 6.17. The van der Waals surface area contributed by atoms with Crippen molar-refractivity contribution in [3.05, 3.63) is 41.7 Å². The molecule has 0 radical (unpaired) electrons. The van der Waals surface area contributed by atoms with E-state index in [1.807, 2.05) is 18.2 Å². The van der Waals surface area contributed by atoms with Crippen molar-refractivity contribution in [2.45, 2.75) is 0 Å².